The summed E-state index contributed by atoms with van der Waals surface area (Å²) in [5, 5.41) is 5.39. The number of hydrogen-bond acceptors (Lipinski definition) is 3. The number of nitrogens with zero attached hydrogens (tertiary/aromatic N) is 1. The van der Waals surface area contributed by atoms with Crippen molar-refractivity contribution in [3.63, 3.8) is 0 Å². The highest BCUT2D eigenvalue weighted by molar-refractivity contribution is 7.09. The summed E-state index contributed by atoms with van der Waals surface area (Å²) in [6.45, 7) is 3.65. The number of thiophene rings is 1. The molecular formula is C13H16N2OS. The highest BCUT2D eigenvalue weighted by atomic mass is 32.1. The molecule has 0 amide bonds. The van der Waals surface area contributed by atoms with Gasteiger partial charge in [0, 0.05) is 30.2 Å². The molecule has 0 unspecified atom stereocenters. The number of aryl methyl sites for hydroxylation is 1. The van der Waals surface area contributed by atoms with Crippen molar-refractivity contribution >= 4 is 17.0 Å². The molecule has 2 aromatic heterocycles. The van der Waals surface area contributed by atoms with E-state index in [2.05, 4.69) is 23.7 Å². The summed E-state index contributed by atoms with van der Waals surface area (Å²) in [5.74, 6) is 0. The lowest BCUT2D eigenvalue weighted by molar-refractivity contribution is 0.655. The smallest absolute Gasteiger partial charge is 0.250 e. The maximum absolute atomic E-state index is 11.5. The largest absolute Gasteiger partial charge is 0.379 e. The zero-order valence-corrected chi connectivity index (χ0v) is 10.7. The van der Waals surface area contributed by atoms with Gasteiger partial charge in [-0.1, -0.05) is 13.0 Å². The van der Waals surface area contributed by atoms with Crippen LogP contribution in [0.4, 0.5) is 5.69 Å². The van der Waals surface area contributed by atoms with E-state index < -0.39 is 0 Å². The summed E-state index contributed by atoms with van der Waals surface area (Å²) in [6.07, 6.45) is 2.85. The molecule has 0 atom stereocenters. The van der Waals surface area contributed by atoms with Crippen LogP contribution in [0.3, 0.4) is 0 Å². The standard InChI is InChI=1S/C13H16N2OS/c1-2-7-15-10-11(5-6-13(15)16)14-9-12-4-3-8-17-12/h3-6,8,10,14H,2,7,9H2,1H3. The van der Waals surface area contributed by atoms with Crippen LogP contribution in [0, 0.1) is 0 Å². The van der Waals surface area contributed by atoms with Crippen LogP contribution in [-0.2, 0) is 13.1 Å². The Bertz CT molecular complexity index is 516. The third-order valence-corrected chi connectivity index (χ3v) is 3.37. The fourth-order valence-electron chi connectivity index (χ4n) is 1.65. The van der Waals surface area contributed by atoms with E-state index in [1.807, 2.05) is 18.3 Å². The zero-order valence-electron chi connectivity index (χ0n) is 9.85. The lowest BCUT2D eigenvalue weighted by Gasteiger charge is -2.08. The SMILES string of the molecule is CCCn1cc(NCc2cccs2)ccc1=O. The zero-order chi connectivity index (χ0) is 12.1. The van der Waals surface area contributed by atoms with Crippen molar-refractivity contribution in [2.75, 3.05) is 5.32 Å². The van der Waals surface area contributed by atoms with Gasteiger partial charge in [-0.2, -0.15) is 0 Å². The third-order valence-electron chi connectivity index (χ3n) is 2.49. The van der Waals surface area contributed by atoms with Crippen LogP contribution in [0.1, 0.15) is 18.2 Å². The minimum absolute atomic E-state index is 0.0634. The Morgan fingerprint density at radius 3 is 2.94 bits per heavy atom. The quantitative estimate of drug-likeness (QED) is 0.882. The molecule has 0 spiro atoms. The molecule has 2 rings (SSSR count). The van der Waals surface area contributed by atoms with E-state index in [-0.39, 0.29) is 5.56 Å². The average Bonchev–Trinajstić information content (AvgIpc) is 2.83. The molecule has 1 N–H and O–H groups in total. The maximum atomic E-state index is 11.5. The number of rotatable bonds is 5. The van der Waals surface area contributed by atoms with Gasteiger partial charge in [0.1, 0.15) is 0 Å². The topological polar surface area (TPSA) is 34.0 Å². The molecule has 0 aromatic carbocycles. The van der Waals surface area contributed by atoms with Crippen LogP contribution in [0.15, 0.2) is 40.6 Å². The minimum atomic E-state index is 0.0634. The summed E-state index contributed by atoms with van der Waals surface area (Å²) < 4.78 is 1.75. The van der Waals surface area contributed by atoms with Gasteiger partial charge in [-0.05, 0) is 23.9 Å². The first-order chi connectivity index (χ1) is 8.29. The number of aromatic nitrogens is 1. The van der Waals surface area contributed by atoms with Crippen molar-refractivity contribution in [2.45, 2.75) is 26.4 Å². The summed E-state index contributed by atoms with van der Waals surface area (Å²) in [4.78, 5) is 12.8. The normalized spacial score (nSPS) is 10.4. The van der Waals surface area contributed by atoms with Crippen molar-refractivity contribution in [1.29, 1.82) is 0 Å². The Morgan fingerprint density at radius 1 is 1.35 bits per heavy atom. The van der Waals surface area contributed by atoms with Crippen molar-refractivity contribution < 1.29 is 0 Å². The summed E-state index contributed by atoms with van der Waals surface area (Å²) in [7, 11) is 0. The van der Waals surface area contributed by atoms with Crippen LogP contribution in [0.5, 0.6) is 0 Å². The van der Waals surface area contributed by atoms with Gasteiger partial charge in [-0.3, -0.25) is 4.79 Å². The first-order valence-corrected chi connectivity index (χ1v) is 6.64. The van der Waals surface area contributed by atoms with E-state index in [1.54, 1.807) is 22.0 Å². The van der Waals surface area contributed by atoms with Crippen molar-refractivity contribution in [3.8, 4) is 0 Å². The molecule has 0 fully saturated rings. The number of pyridine rings is 1. The second kappa shape index (κ2) is 5.68. The second-order valence-corrected chi connectivity index (χ2v) is 4.91. The molecule has 2 heterocycles. The number of nitrogens with one attached hydrogen (secondary N) is 1. The molecule has 0 aliphatic rings. The maximum Gasteiger partial charge on any atom is 0.250 e. The Balaban J connectivity index is 2.06. The van der Waals surface area contributed by atoms with Gasteiger partial charge in [-0.25, -0.2) is 0 Å². The molecule has 0 radical (unpaired) electrons. The summed E-state index contributed by atoms with van der Waals surface area (Å²) >= 11 is 1.73. The fraction of sp³-hybridized carbons (Fsp3) is 0.308. The van der Waals surface area contributed by atoms with Crippen LogP contribution in [0.25, 0.3) is 0 Å². The first-order valence-electron chi connectivity index (χ1n) is 5.76. The second-order valence-electron chi connectivity index (χ2n) is 3.88. The Kier molecular flexibility index (Phi) is 3.98. The molecule has 4 heteroatoms. The molecule has 3 nitrogen and oxygen atoms in total. The van der Waals surface area contributed by atoms with Gasteiger partial charge in [-0.15, -0.1) is 11.3 Å². The Morgan fingerprint density at radius 2 is 2.24 bits per heavy atom. The molecule has 0 saturated heterocycles. The van der Waals surface area contributed by atoms with E-state index in [1.165, 1.54) is 4.88 Å². The van der Waals surface area contributed by atoms with Crippen LogP contribution < -0.4 is 10.9 Å². The molecule has 2 aromatic rings. The number of anilines is 1. The lowest BCUT2D eigenvalue weighted by atomic mass is 10.3. The fourth-order valence-corrected chi connectivity index (χ4v) is 2.30. The van der Waals surface area contributed by atoms with E-state index in [0.717, 1.165) is 25.2 Å². The highest BCUT2D eigenvalue weighted by Gasteiger charge is 1.98. The Hall–Kier alpha value is -1.55. The average molecular weight is 248 g/mol. The monoisotopic (exact) mass is 248 g/mol. The molecule has 0 aliphatic heterocycles. The van der Waals surface area contributed by atoms with Crippen LogP contribution in [0.2, 0.25) is 0 Å². The van der Waals surface area contributed by atoms with Gasteiger partial charge in [0.05, 0.1) is 5.69 Å². The highest BCUT2D eigenvalue weighted by Crippen LogP contribution is 2.11. The van der Waals surface area contributed by atoms with E-state index >= 15 is 0 Å². The van der Waals surface area contributed by atoms with E-state index in [0.29, 0.717) is 0 Å². The van der Waals surface area contributed by atoms with Crippen molar-refractivity contribution in [3.05, 3.63) is 51.1 Å². The predicted octanol–water partition coefficient (Wildman–Crippen LogP) is 2.93. The number of hydrogen-bond donors (Lipinski definition) is 1. The van der Waals surface area contributed by atoms with Gasteiger partial charge < -0.3 is 9.88 Å². The van der Waals surface area contributed by atoms with Crippen LogP contribution >= 0.6 is 11.3 Å². The summed E-state index contributed by atoms with van der Waals surface area (Å²) in [6, 6.07) is 7.59. The van der Waals surface area contributed by atoms with Gasteiger partial charge in [0.2, 0.25) is 0 Å². The molecule has 0 aliphatic carbocycles. The predicted molar refractivity (Wildman–Crippen MR) is 72.6 cm³/mol. The molecule has 0 bridgehead atoms. The molecule has 17 heavy (non-hydrogen) atoms. The van der Waals surface area contributed by atoms with Crippen molar-refractivity contribution in [2.24, 2.45) is 0 Å². The molecular weight excluding hydrogens is 232 g/mol. The van der Waals surface area contributed by atoms with Gasteiger partial charge >= 0.3 is 0 Å². The molecule has 90 valence electrons. The minimum Gasteiger partial charge on any atom is -0.379 e. The lowest BCUT2D eigenvalue weighted by Crippen LogP contribution is -2.18. The Labute approximate surface area is 105 Å². The van der Waals surface area contributed by atoms with Crippen molar-refractivity contribution in [1.82, 2.24) is 4.57 Å². The summed E-state index contributed by atoms with van der Waals surface area (Å²) in [5.41, 5.74) is 1.06. The molecule has 0 saturated carbocycles. The van der Waals surface area contributed by atoms with Gasteiger partial charge in [0.25, 0.3) is 5.56 Å². The van der Waals surface area contributed by atoms with E-state index in [9.17, 15) is 4.79 Å². The van der Waals surface area contributed by atoms with Crippen LogP contribution in [-0.4, -0.2) is 4.57 Å². The van der Waals surface area contributed by atoms with E-state index in [4.69, 9.17) is 0 Å². The third kappa shape index (κ3) is 3.20. The first kappa shape index (κ1) is 11.9. The van der Waals surface area contributed by atoms with Gasteiger partial charge in [0.15, 0.2) is 0 Å².